The highest BCUT2D eigenvalue weighted by Gasteiger charge is 2.15. The zero-order valence-electron chi connectivity index (χ0n) is 17.4. The molecule has 150 valence electrons. The van der Waals surface area contributed by atoms with Crippen molar-refractivity contribution in [2.24, 2.45) is 0 Å². The highest BCUT2D eigenvalue weighted by atomic mass is 16.4. The lowest BCUT2D eigenvalue weighted by molar-refractivity contribution is -0.140. The fourth-order valence-corrected chi connectivity index (χ4v) is 3.42. The monoisotopic (exact) mass is 390 g/mol. The Morgan fingerprint density at radius 1 is 1.07 bits per heavy atom. The number of amides is 1. The number of carbonyl (C=O) groups is 2. The Morgan fingerprint density at radius 2 is 1.79 bits per heavy atom. The molecular formula is C24H26N2O3. The van der Waals surface area contributed by atoms with Crippen LogP contribution in [0.4, 0.5) is 0 Å². The fourth-order valence-electron chi connectivity index (χ4n) is 3.42. The predicted octanol–water partition coefficient (Wildman–Crippen LogP) is 4.75. The summed E-state index contributed by atoms with van der Waals surface area (Å²) in [6, 6.07) is 11.8. The van der Waals surface area contributed by atoms with E-state index in [1.54, 1.807) is 13.0 Å². The maximum absolute atomic E-state index is 12.2. The number of aryl methyl sites for hydroxylation is 3. The van der Waals surface area contributed by atoms with E-state index in [1.807, 2.05) is 13.8 Å². The molecule has 0 spiro atoms. The van der Waals surface area contributed by atoms with Crippen LogP contribution < -0.4 is 5.32 Å². The number of rotatable bonds is 5. The minimum atomic E-state index is -1.06. The Morgan fingerprint density at radius 3 is 2.48 bits per heavy atom. The molecule has 0 unspecified atom stereocenters. The van der Waals surface area contributed by atoms with Crippen molar-refractivity contribution in [3.63, 3.8) is 0 Å². The fraction of sp³-hybridized carbons (Fsp3) is 0.250. The molecule has 0 radical (unpaired) electrons. The topological polar surface area (TPSA) is 82.2 Å². The highest BCUT2D eigenvalue weighted by molar-refractivity contribution is 5.99. The third-order valence-corrected chi connectivity index (χ3v) is 5.13. The minimum absolute atomic E-state index is 0.380. The van der Waals surface area contributed by atoms with Crippen molar-refractivity contribution < 1.29 is 14.7 Å². The Hall–Kier alpha value is -3.34. The second-order valence-corrected chi connectivity index (χ2v) is 7.64. The van der Waals surface area contributed by atoms with Crippen LogP contribution in [-0.4, -0.2) is 28.0 Å². The van der Waals surface area contributed by atoms with Crippen LogP contribution in [0.5, 0.6) is 0 Å². The van der Waals surface area contributed by atoms with Gasteiger partial charge in [0.2, 0.25) is 5.91 Å². The van der Waals surface area contributed by atoms with Crippen molar-refractivity contribution in [1.82, 2.24) is 10.3 Å². The molecule has 3 aromatic rings. The number of nitrogens with one attached hydrogen (secondary N) is 2. The summed E-state index contributed by atoms with van der Waals surface area (Å²) in [4.78, 5) is 26.5. The maximum Gasteiger partial charge on any atom is 0.325 e. The van der Waals surface area contributed by atoms with Gasteiger partial charge in [-0.1, -0.05) is 18.2 Å². The number of carbonyl (C=O) groups excluding carboxylic acids is 1. The number of hydrogen-bond donors (Lipinski definition) is 3. The molecule has 0 saturated carbocycles. The molecular weight excluding hydrogens is 364 g/mol. The molecule has 0 aliphatic carbocycles. The number of aromatic nitrogens is 1. The maximum atomic E-state index is 12.2. The van der Waals surface area contributed by atoms with Gasteiger partial charge in [0.05, 0.1) is 0 Å². The lowest BCUT2D eigenvalue weighted by Crippen LogP contribution is -2.38. The highest BCUT2D eigenvalue weighted by Crippen LogP contribution is 2.30. The van der Waals surface area contributed by atoms with E-state index in [0.717, 1.165) is 39.0 Å². The molecule has 1 atom stereocenters. The van der Waals surface area contributed by atoms with E-state index in [-0.39, 0.29) is 5.91 Å². The van der Waals surface area contributed by atoms with Crippen molar-refractivity contribution in [2.45, 2.75) is 40.7 Å². The number of aliphatic carboxylic acids is 1. The van der Waals surface area contributed by atoms with Crippen LogP contribution in [0.15, 0.2) is 42.0 Å². The van der Waals surface area contributed by atoms with Crippen LogP contribution >= 0.6 is 0 Å². The quantitative estimate of drug-likeness (QED) is 0.550. The molecule has 0 aliphatic rings. The number of hydrogen-bond acceptors (Lipinski definition) is 2. The summed E-state index contributed by atoms with van der Waals surface area (Å²) >= 11 is 0. The van der Waals surface area contributed by atoms with Gasteiger partial charge >= 0.3 is 5.97 Å². The van der Waals surface area contributed by atoms with Gasteiger partial charge in [-0.25, -0.2) is 0 Å². The summed E-state index contributed by atoms with van der Waals surface area (Å²) in [5.74, 6) is -1.44. The van der Waals surface area contributed by atoms with Crippen molar-refractivity contribution in [3.8, 4) is 11.1 Å². The third kappa shape index (κ3) is 4.40. The minimum Gasteiger partial charge on any atom is -0.480 e. The van der Waals surface area contributed by atoms with Crippen LogP contribution in [0.25, 0.3) is 28.1 Å². The van der Waals surface area contributed by atoms with Crippen molar-refractivity contribution in [2.75, 3.05) is 0 Å². The van der Waals surface area contributed by atoms with Gasteiger partial charge in [-0.3, -0.25) is 9.59 Å². The Kier molecular flexibility index (Phi) is 5.59. The first-order chi connectivity index (χ1) is 13.7. The molecule has 1 amide bonds. The van der Waals surface area contributed by atoms with Crippen molar-refractivity contribution in [3.05, 3.63) is 64.4 Å². The van der Waals surface area contributed by atoms with E-state index in [9.17, 15) is 9.59 Å². The molecule has 1 heterocycles. The van der Waals surface area contributed by atoms with Crippen molar-refractivity contribution in [1.29, 1.82) is 0 Å². The van der Waals surface area contributed by atoms with Crippen LogP contribution in [0.2, 0.25) is 0 Å². The molecule has 0 saturated heterocycles. The SMILES string of the molecule is C/C(=C\c1cc(C)c(-c2ccc3[nH]c(C)cc3c2)cc1C)C(=O)N[C@H](C)C(=O)O. The summed E-state index contributed by atoms with van der Waals surface area (Å²) in [5.41, 5.74) is 8.14. The molecule has 3 rings (SSSR count). The van der Waals surface area contributed by atoms with Crippen LogP contribution in [0.1, 0.15) is 36.2 Å². The van der Waals surface area contributed by atoms with E-state index in [4.69, 9.17) is 5.11 Å². The first kappa shape index (κ1) is 20.4. The molecule has 0 bridgehead atoms. The van der Waals surface area contributed by atoms with Crippen LogP contribution in [-0.2, 0) is 9.59 Å². The van der Waals surface area contributed by atoms with Gasteiger partial charge in [0.25, 0.3) is 0 Å². The van der Waals surface area contributed by atoms with Crippen molar-refractivity contribution >= 4 is 28.9 Å². The zero-order chi connectivity index (χ0) is 21.3. The van der Waals surface area contributed by atoms with E-state index in [1.165, 1.54) is 12.3 Å². The number of aromatic amines is 1. The second-order valence-electron chi connectivity index (χ2n) is 7.64. The number of H-pyrrole nitrogens is 1. The molecule has 3 N–H and O–H groups in total. The molecule has 2 aromatic carbocycles. The molecule has 5 heteroatoms. The number of carboxylic acid groups (broad SMARTS) is 1. The van der Waals surface area contributed by atoms with E-state index in [2.05, 4.69) is 53.6 Å². The summed E-state index contributed by atoms with van der Waals surface area (Å²) in [6.07, 6.45) is 1.80. The molecule has 29 heavy (non-hydrogen) atoms. The number of carboxylic acids is 1. The number of fused-ring (bicyclic) bond motifs is 1. The second kappa shape index (κ2) is 7.95. The molecule has 0 fully saturated rings. The third-order valence-electron chi connectivity index (χ3n) is 5.13. The normalized spacial score (nSPS) is 12.8. The lowest BCUT2D eigenvalue weighted by atomic mass is 9.93. The largest absolute Gasteiger partial charge is 0.480 e. The first-order valence-corrected chi connectivity index (χ1v) is 9.58. The standard InChI is InChI=1S/C24H26N2O3/c1-13-10-21(18-6-7-22-20(12-18)11-16(4)25-22)14(2)8-19(13)9-15(3)23(27)26-17(5)24(28)29/h6-12,17,25H,1-5H3,(H,26,27)(H,28,29)/b15-9+/t17-/m1/s1. The van der Waals surface area contributed by atoms with E-state index in [0.29, 0.717) is 5.57 Å². The summed E-state index contributed by atoms with van der Waals surface area (Å²) < 4.78 is 0. The average Bonchev–Trinajstić information content (AvgIpc) is 3.03. The van der Waals surface area contributed by atoms with E-state index < -0.39 is 12.0 Å². The summed E-state index contributed by atoms with van der Waals surface area (Å²) in [5, 5.41) is 12.6. The molecule has 1 aromatic heterocycles. The Bertz CT molecular complexity index is 1140. The van der Waals surface area contributed by atoms with Gasteiger partial charge < -0.3 is 15.4 Å². The molecule has 0 aliphatic heterocycles. The van der Waals surface area contributed by atoms with Crippen LogP contribution in [0, 0.1) is 20.8 Å². The van der Waals surface area contributed by atoms with Gasteiger partial charge in [0.1, 0.15) is 6.04 Å². The van der Waals surface area contributed by atoms with Gasteiger partial charge in [0, 0.05) is 22.2 Å². The smallest absolute Gasteiger partial charge is 0.325 e. The lowest BCUT2D eigenvalue weighted by Gasteiger charge is -2.13. The predicted molar refractivity (Wildman–Crippen MR) is 117 cm³/mol. The zero-order valence-corrected chi connectivity index (χ0v) is 17.4. The average molecular weight is 390 g/mol. The van der Waals surface area contributed by atoms with E-state index >= 15 is 0 Å². The van der Waals surface area contributed by atoms with Crippen LogP contribution in [0.3, 0.4) is 0 Å². The molecule has 5 nitrogen and oxygen atoms in total. The van der Waals surface area contributed by atoms with Gasteiger partial charge in [-0.15, -0.1) is 0 Å². The summed E-state index contributed by atoms with van der Waals surface area (Å²) in [7, 11) is 0. The number of benzene rings is 2. The Labute approximate surface area is 170 Å². The first-order valence-electron chi connectivity index (χ1n) is 9.58. The van der Waals surface area contributed by atoms with Gasteiger partial charge in [0.15, 0.2) is 0 Å². The van der Waals surface area contributed by atoms with Gasteiger partial charge in [-0.2, -0.15) is 0 Å². The summed E-state index contributed by atoms with van der Waals surface area (Å²) in [6.45, 7) is 9.25. The Balaban J connectivity index is 1.92. The van der Waals surface area contributed by atoms with Gasteiger partial charge in [-0.05, 0) is 86.7 Å².